The van der Waals surface area contributed by atoms with E-state index in [0.29, 0.717) is 0 Å². The molecular weight excluding hydrogens is 733 g/mol. The Labute approximate surface area is 344 Å². The van der Waals surface area contributed by atoms with Crippen LogP contribution in [0.4, 0.5) is 34.1 Å². The average molecular weight is 779 g/mol. The SMILES string of the molecule is c1ccc(N(c2ccccc2)c2ccc3c(c2)[Si]2(CCCC2)c2ccc4c5c(ccc-3c25)-c2ccc(N(c3ccccc3)c3ccccc3)cc2[Si]42CCCC2)cc1. The summed E-state index contributed by atoms with van der Waals surface area (Å²) < 4.78 is 0. The highest BCUT2D eigenvalue weighted by Crippen LogP contribution is 2.48. The van der Waals surface area contributed by atoms with E-state index in [4.69, 9.17) is 0 Å². The first-order valence-corrected chi connectivity index (χ1v) is 26.3. The number of hydrogen-bond acceptors (Lipinski definition) is 2. The second-order valence-corrected chi connectivity index (χ2v) is 25.6. The molecule has 0 bridgehead atoms. The van der Waals surface area contributed by atoms with Crippen molar-refractivity contribution in [1.82, 2.24) is 0 Å². The Morgan fingerprint density at radius 1 is 0.276 bits per heavy atom. The molecule has 0 amide bonds. The molecule has 0 saturated carbocycles. The summed E-state index contributed by atoms with van der Waals surface area (Å²) in [5.74, 6) is 0. The Kier molecular flexibility index (Phi) is 7.83. The number of nitrogens with zero attached hydrogens (tertiary/aromatic N) is 2. The van der Waals surface area contributed by atoms with Crippen LogP contribution in [0.5, 0.6) is 0 Å². The van der Waals surface area contributed by atoms with Gasteiger partial charge in [-0.1, -0.05) is 135 Å². The monoisotopic (exact) mass is 778 g/mol. The number of para-hydroxylation sites is 4. The average Bonchev–Trinajstić information content (AvgIpc) is 3.99. The van der Waals surface area contributed by atoms with E-state index >= 15 is 0 Å². The topological polar surface area (TPSA) is 6.48 Å². The molecule has 8 aromatic carbocycles. The molecule has 2 saturated heterocycles. The maximum atomic E-state index is 2.70. The molecule has 2 nitrogen and oxygen atoms in total. The fraction of sp³-hybridized carbons (Fsp3) is 0.148. The van der Waals surface area contributed by atoms with Crippen LogP contribution in [0.2, 0.25) is 24.2 Å². The zero-order chi connectivity index (χ0) is 38.3. The Morgan fingerprint density at radius 3 is 0.914 bits per heavy atom. The smallest absolute Gasteiger partial charge is 0.119 e. The predicted molar refractivity (Wildman–Crippen MR) is 252 cm³/mol. The van der Waals surface area contributed by atoms with Gasteiger partial charge in [-0.05, 0) is 151 Å². The maximum Gasteiger partial charge on any atom is 0.119 e. The third-order valence-corrected chi connectivity index (χ3v) is 24.9. The Balaban J connectivity index is 1.07. The van der Waals surface area contributed by atoms with Gasteiger partial charge in [0.25, 0.3) is 0 Å². The molecule has 0 N–H and O–H groups in total. The minimum absolute atomic E-state index is 1.20. The van der Waals surface area contributed by atoms with E-state index in [2.05, 4.69) is 192 Å². The third kappa shape index (κ3) is 4.95. The molecule has 8 aromatic rings. The van der Waals surface area contributed by atoms with Gasteiger partial charge in [-0.25, -0.2) is 0 Å². The highest BCUT2D eigenvalue weighted by Gasteiger charge is 2.50. The van der Waals surface area contributed by atoms with E-state index in [1.54, 1.807) is 31.5 Å². The van der Waals surface area contributed by atoms with Crippen LogP contribution in [0, 0.1) is 0 Å². The summed E-state index contributed by atoms with van der Waals surface area (Å²) >= 11 is 0. The summed E-state index contributed by atoms with van der Waals surface area (Å²) in [6.07, 6.45) is 5.33. The highest BCUT2D eigenvalue weighted by molar-refractivity contribution is 7.08. The Morgan fingerprint density at radius 2 is 0.586 bits per heavy atom. The van der Waals surface area contributed by atoms with Gasteiger partial charge in [0.1, 0.15) is 16.1 Å². The molecule has 2 fully saturated rings. The van der Waals surface area contributed by atoms with E-state index < -0.39 is 16.1 Å². The van der Waals surface area contributed by atoms with Gasteiger partial charge in [0.05, 0.1) is 0 Å². The van der Waals surface area contributed by atoms with Crippen molar-refractivity contribution in [2.24, 2.45) is 0 Å². The van der Waals surface area contributed by atoms with Crippen molar-refractivity contribution >= 4 is 81.8 Å². The number of rotatable bonds is 6. The number of anilines is 6. The highest BCUT2D eigenvalue weighted by atomic mass is 28.3. The van der Waals surface area contributed by atoms with Crippen molar-refractivity contribution in [1.29, 1.82) is 0 Å². The van der Waals surface area contributed by atoms with Crippen LogP contribution in [-0.4, -0.2) is 16.1 Å². The lowest BCUT2D eigenvalue weighted by molar-refractivity contribution is 0.935. The molecule has 0 aliphatic carbocycles. The van der Waals surface area contributed by atoms with Gasteiger partial charge in [-0.2, -0.15) is 0 Å². The lowest BCUT2D eigenvalue weighted by Gasteiger charge is -2.42. The minimum atomic E-state index is -2.06. The van der Waals surface area contributed by atoms with Crippen LogP contribution in [0.25, 0.3) is 33.0 Å². The van der Waals surface area contributed by atoms with E-state index in [-0.39, 0.29) is 0 Å². The van der Waals surface area contributed by atoms with Gasteiger partial charge in [0.15, 0.2) is 0 Å². The van der Waals surface area contributed by atoms with Gasteiger partial charge in [0.2, 0.25) is 0 Å². The Bertz CT molecular complexity index is 2570. The summed E-state index contributed by atoms with van der Waals surface area (Å²) in [5.41, 5.74) is 13.3. The van der Waals surface area contributed by atoms with Crippen molar-refractivity contribution in [2.45, 2.75) is 49.9 Å². The molecule has 4 aliphatic heterocycles. The molecule has 4 heteroatoms. The first-order valence-electron chi connectivity index (χ1n) is 21.4. The molecule has 4 heterocycles. The largest absolute Gasteiger partial charge is 0.311 e. The molecule has 58 heavy (non-hydrogen) atoms. The first-order chi connectivity index (χ1) is 28.7. The molecule has 0 unspecified atom stereocenters. The van der Waals surface area contributed by atoms with Crippen LogP contribution in [0.15, 0.2) is 182 Å². The number of hydrogen-bond donors (Lipinski definition) is 0. The molecule has 12 rings (SSSR count). The van der Waals surface area contributed by atoms with E-state index in [1.165, 1.54) is 106 Å². The lowest BCUT2D eigenvalue weighted by atomic mass is 9.90. The van der Waals surface area contributed by atoms with Crippen molar-refractivity contribution in [3.63, 3.8) is 0 Å². The molecular formula is C54H46N2Si2. The number of benzene rings is 8. The van der Waals surface area contributed by atoms with Crippen LogP contribution in [0.3, 0.4) is 0 Å². The molecule has 2 spiro atoms. The van der Waals surface area contributed by atoms with Crippen molar-refractivity contribution in [3.8, 4) is 22.3 Å². The van der Waals surface area contributed by atoms with Gasteiger partial charge >= 0.3 is 0 Å². The van der Waals surface area contributed by atoms with Crippen molar-refractivity contribution < 1.29 is 0 Å². The summed E-state index contributed by atoms with van der Waals surface area (Å²) in [7, 11) is -4.13. The van der Waals surface area contributed by atoms with Gasteiger partial charge < -0.3 is 9.80 Å². The van der Waals surface area contributed by atoms with E-state index in [0.717, 1.165) is 0 Å². The summed E-state index contributed by atoms with van der Waals surface area (Å²) in [6.45, 7) is 0. The van der Waals surface area contributed by atoms with E-state index in [1.807, 2.05) is 0 Å². The van der Waals surface area contributed by atoms with Crippen LogP contribution >= 0.6 is 0 Å². The summed E-state index contributed by atoms with van der Waals surface area (Å²) in [6, 6.07) is 74.6. The van der Waals surface area contributed by atoms with Crippen LogP contribution in [0.1, 0.15) is 25.7 Å². The molecule has 0 atom stereocenters. The van der Waals surface area contributed by atoms with Crippen molar-refractivity contribution in [3.05, 3.63) is 182 Å². The second kappa shape index (κ2) is 13.3. The zero-order valence-corrected chi connectivity index (χ0v) is 34.9. The van der Waals surface area contributed by atoms with Crippen LogP contribution < -0.4 is 30.5 Å². The van der Waals surface area contributed by atoms with Crippen molar-refractivity contribution in [2.75, 3.05) is 9.80 Å². The quantitative estimate of drug-likeness (QED) is 0.155. The summed E-state index contributed by atoms with van der Waals surface area (Å²) in [4.78, 5) is 4.93. The van der Waals surface area contributed by atoms with E-state index in [9.17, 15) is 0 Å². The molecule has 280 valence electrons. The van der Waals surface area contributed by atoms with Gasteiger partial charge in [-0.15, -0.1) is 0 Å². The Hall–Kier alpha value is -5.95. The van der Waals surface area contributed by atoms with Gasteiger partial charge in [0, 0.05) is 34.1 Å². The van der Waals surface area contributed by atoms with Gasteiger partial charge in [-0.3, -0.25) is 0 Å². The fourth-order valence-electron chi connectivity index (χ4n) is 11.9. The standard InChI is InChI=1S/C54H46N2Si2/c1-5-17-39(18-6-1)55(40-19-7-2-8-20-40)43-25-27-45-47-29-30-48-46-28-26-44(56(41-21-9-3-10-22-41)42-23-11-4-12-24-42)38-52(46)58(35-15-16-36-58)50-32-31-49(53(47)54(48)50)57(51(45)37-43)33-13-14-34-57/h1-12,17-32,37-38H,13-16,33-36H2. The lowest BCUT2D eigenvalue weighted by Crippen LogP contribution is -2.62. The minimum Gasteiger partial charge on any atom is -0.311 e. The van der Waals surface area contributed by atoms with Crippen LogP contribution in [-0.2, 0) is 0 Å². The first kappa shape index (κ1) is 34.1. The summed E-state index contributed by atoms with van der Waals surface area (Å²) in [5, 5.41) is 10.00. The molecule has 0 aromatic heterocycles. The fourth-order valence-corrected chi connectivity index (χ4v) is 23.1. The molecule has 4 aliphatic rings. The molecule has 0 radical (unpaired) electrons. The zero-order valence-electron chi connectivity index (χ0n) is 32.9. The number of fused-ring (bicyclic) bond motifs is 8. The predicted octanol–water partition coefficient (Wildman–Crippen LogP) is 12.5. The second-order valence-electron chi connectivity index (χ2n) is 17.1. The normalized spacial score (nSPS) is 16.3. The maximum absolute atomic E-state index is 2.70. The third-order valence-electron chi connectivity index (χ3n) is 14.3.